The fourth-order valence-corrected chi connectivity index (χ4v) is 2.34. The summed E-state index contributed by atoms with van der Waals surface area (Å²) < 4.78 is 1.75. The second kappa shape index (κ2) is 6.91. The monoisotopic (exact) mass is 322 g/mol. The van der Waals surface area contributed by atoms with Gasteiger partial charge in [-0.3, -0.25) is 9.36 Å². The fourth-order valence-electron chi connectivity index (χ4n) is 2.34. The van der Waals surface area contributed by atoms with Crippen molar-refractivity contribution >= 4 is 11.7 Å². The molecular weight excluding hydrogens is 304 g/mol. The molecule has 1 amide bonds. The third-order valence-corrected chi connectivity index (χ3v) is 3.51. The maximum absolute atomic E-state index is 12.4. The van der Waals surface area contributed by atoms with E-state index >= 15 is 0 Å². The first kappa shape index (κ1) is 15.7. The first-order chi connectivity index (χ1) is 11.6. The molecule has 0 atom stereocenters. The van der Waals surface area contributed by atoms with Crippen LogP contribution in [-0.4, -0.2) is 39.5 Å². The van der Waals surface area contributed by atoms with Gasteiger partial charge in [-0.05, 0) is 18.2 Å². The van der Waals surface area contributed by atoms with Crippen molar-refractivity contribution in [1.82, 2.24) is 24.8 Å². The summed E-state index contributed by atoms with van der Waals surface area (Å²) in [6.45, 7) is 0.406. The predicted molar refractivity (Wildman–Crippen MR) is 91.1 cm³/mol. The maximum Gasteiger partial charge on any atom is 0.251 e. The summed E-state index contributed by atoms with van der Waals surface area (Å²) >= 11 is 0. The van der Waals surface area contributed by atoms with Gasteiger partial charge in [0.15, 0.2) is 0 Å². The highest BCUT2D eigenvalue weighted by Crippen LogP contribution is 2.14. The number of nitrogens with zero attached hydrogens (tertiary/aromatic N) is 5. The zero-order valence-electron chi connectivity index (χ0n) is 13.5. The zero-order valence-corrected chi connectivity index (χ0v) is 13.5. The SMILES string of the molecule is CN(C)c1ncccc1CNC(=O)c1ccnc(-n2ccnc2)c1. The summed E-state index contributed by atoms with van der Waals surface area (Å²) in [6.07, 6.45) is 8.44. The molecule has 3 rings (SSSR count). The number of amides is 1. The molecule has 0 saturated carbocycles. The summed E-state index contributed by atoms with van der Waals surface area (Å²) in [5, 5.41) is 2.92. The van der Waals surface area contributed by atoms with Gasteiger partial charge >= 0.3 is 0 Å². The molecule has 0 aromatic carbocycles. The molecule has 0 aliphatic heterocycles. The highest BCUT2D eigenvalue weighted by molar-refractivity contribution is 5.94. The van der Waals surface area contributed by atoms with Gasteiger partial charge in [0, 0.05) is 56.6 Å². The molecule has 0 bridgehead atoms. The van der Waals surface area contributed by atoms with E-state index in [-0.39, 0.29) is 5.91 Å². The lowest BCUT2D eigenvalue weighted by molar-refractivity contribution is 0.0951. The summed E-state index contributed by atoms with van der Waals surface area (Å²) in [5.41, 5.74) is 1.50. The molecule has 0 radical (unpaired) electrons. The Morgan fingerprint density at radius 1 is 1.21 bits per heavy atom. The fraction of sp³-hybridized carbons (Fsp3) is 0.176. The highest BCUT2D eigenvalue weighted by atomic mass is 16.1. The van der Waals surface area contributed by atoms with Crippen LogP contribution < -0.4 is 10.2 Å². The second-order valence-electron chi connectivity index (χ2n) is 5.44. The number of rotatable bonds is 5. The second-order valence-corrected chi connectivity index (χ2v) is 5.44. The molecule has 0 saturated heterocycles. The summed E-state index contributed by atoms with van der Waals surface area (Å²) in [4.78, 5) is 26.9. The summed E-state index contributed by atoms with van der Waals surface area (Å²) in [7, 11) is 3.85. The van der Waals surface area contributed by atoms with Gasteiger partial charge in [0.1, 0.15) is 18.0 Å². The lowest BCUT2D eigenvalue weighted by Crippen LogP contribution is -2.24. The van der Waals surface area contributed by atoms with Gasteiger partial charge in [0.05, 0.1) is 0 Å². The first-order valence-electron chi connectivity index (χ1n) is 7.49. The van der Waals surface area contributed by atoms with Crippen LogP contribution in [0.5, 0.6) is 0 Å². The quantitative estimate of drug-likeness (QED) is 0.773. The molecule has 1 N–H and O–H groups in total. The van der Waals surface area contributed by atoms with Gasteiger partial charge in [0.25, 0.3) is 5.91 Å². The number of aromatic nitrogens is 4. The molecule has 3 heterocycles. The molecular formula is C17H18N6O. The first-order valence-corrected chi connectivity index (χ1v) is 7.49. The average Bonchev–Trinajstić information content (AvgIpc) is 3.14. The van der Waals surface area contributed by atoms with Crippen LogP contribution in [0.4, 0.5) is 5.82 Å². The Kier molecular flexibility index (Phi) is 4.51. The molecule has 0 unspecified atom stereocenters. The van der Waals surface area contributed by atoms with Gasteiger partial charge < -0.3 is 10.2 Å². The molecule has 7 nitrogen and oxygen atoms in total. The highest BCUT2D eigenvalue weighted by Gasteiger charge is 2.10. The number of nitrogens with one attached hydrogen (secondary N) is 1. The molecule has 122 valence electrons. The van der Waals surface area contributed by atoms with Gasteiger partial charge in [-0.1, -0.05) is 6.07 Å². The van der Waals surface area contributed by atoms with Crippen LogP contribution in [0.25, 0.3) is 5.82 Å². The molecule has 0 aliphatic carbocycles. The van der Waals surface area contributed by atoms with E-state index < -0.39 is 0 Å². The Balaban J connectivity index is 1.73. The molecule has 7 heteroatoms. The van der Waals surface area contributed by atoms with E-state index in [2.05, 4.69) is 20.3 Å². The van der Waals surface area contributed by atoms with Crippen LogP contribution in [-0.2, 0) is 6.54 Å². The van der Waals surface area contributed by atoms with Crippen molar-refractivity contribution in [3.8, 4) is 5.82 Å². The number of carbonyl (C=O) groups excluding carboxylic acids is 1. The third kappa shape index (κ3) is 3.40. The number of anilines is 1. The Labute approximate surface area is 140 Å². The normalized spacial score (nSPS) is 10.4. The number of pyridine rings is 2. The van der Waals surface area contributed by atoms with Crippen LogP contribution in [0, 0.1) is 0 Å². The van der Waals surface area contributed by atoms with E-state index in [9.17, 15) is 4.79 Å². The zero-order chi connectivity index (χ0) is 16.9. The lowest BCUT2D eigenvalue weighted by Gasteiger charge is -2.16. The van der Waals surface area contributed by atoms with Crippen molar-refractivity contribution in [2.75, 3.05) is 19.0 Å². The molecule has 0 aliphatic rings. The van der Waals surface area contributed by atoms with E-state index in [1.165, 1.54) is 0 Å². The standard InChI is InChI=1S/C17H18N6O/c1-22(2)16-14(4-3-6-20-16)11-21-17(24)13-5-7-19-15(10-13)23-9-8-18-12-23/h3-10,12H,11H2,1-2H3,(H,21,24). The van der Waals surface area contributed by atoms with E-state index in [0.717, 1.165) is 11.4 Å². The molecule has 3 aromatic rings. The largest absolute Gasteiger partial charge is 0.362 e. The minimum atomic E-state index is -0.160. The summed E-state index contributed by atoms with van der Waals surface area (Å²) in [6, 6.07) is 7.23. The molecule has 3 aromatic heterocycles. The van der Waals surface area contributed by atoms with Crippen molar-refractivity contribution in [1.29, 1.82) is 0 Å². The van der Waals surface area contributed by atoms with E-state index in [1.54, 1.807) is 47.8 Å². The Bertz CT molecular complexity index is 829. The molecule has 0 fully saturated rings. The minimum Gasteiger partial charge on any atom is -0.362 e. The maximum atomic E-state index is 12.4. The van der Waals surface area contributed by atoms with Crippen molar-refractivity contribution in [2.24, 2.45) is 0 Å². The Hall–Kier alpha value is -3.22. The van der Waals surface area contributed by atoms with Gasteiger partial charge in [-0.15, -0.1) is 0 Å². The molecule has 24 heavy (non-hydrogen) atoms. The van der Waals surface area contributed by atoms with Crippen LogP contribution in [0.2, 0.25) is 0 Å². The van der Waals surface area contributed by atoms with Crippen molar-refractivity contribution < 1.29 is 4.79 Å². The Morgan fingerprint density at radius 3 is 2.83 bits per heavy atom. The average molecular weight is 322 g/mol. The topological polar surface area (TPSA) is 75.9 Å². The van der Waals surface area contributed by atoms with Gasteiger partial charge in [-0.25, -0.2) is 15.0 Å². The van der Waals surface area contributed by atoms with Crippen molar-refractivity contribution in [3.63, 3.8) is 0 Å². The third-order valence-electron chi connectivity index (χ3n) is 3.51. The minimum absolute atomic E-state index is 0.160. The van der Waals surface area contributed by atoms with E-state index in [1.807, 2.05) is 31.1 Å². The number of hydrogen-bond donors (Lipinski definition) is 1. The number of imidazole rings is 1. The van der Waals surface area contributed by atoms with Gasteiger partial charge in [0.2, 0.25) is 0 Å². The number of carbonyl (C=O) groups is 1. The summed E-state index contributed by atoms with van der Waals surface area (Å²) in [5.74, 6) is 1.33. The smallest absolute Gasteiger partial charge is 0.251 e. The lowest BCUT2D eigenvalue weighted by atomic mass is 10.2. The van der Waals surface area contributed by atoms with Gasteiger partial charge in [-0.2, -0.15) is 0 Å². The van der Waals surface area contributed by atoms with Crippen LogP contribution in [0.1, 0.15) is 15.9 Å². The predicted octanol–water partition coefficient (Wildman–Crippen LogP) is 1.66. The number of hydrogen-bond acceptors (Lipinski definition) is 5. The van der Waals surface area contributed by atoms with Crippen LogP contribution >= 0.6 is 0 Å². The van der Waals surface area contributed by atoms with Crippen LogP contribution in [0.15, 0.2) is 55.4 Å². The van der Waals surface area contributed by atoms with Crippen molar-refractivity contribution in [3.05, 3.63) is 66.5 Å². The van der Waals surface area contributed by atoms with Crippen LogP contribution in [0.3, 0.4) is 0 Å². The Morgan fingerprint density at radius 2 is 2.08 bits per heavy atom. The van der Waals surface area contributed by atoms with E-state index in [0.29, 0.717) is 17.9 Å². The molecule has 0 spiro atoms. The van der Waals surface area contributed by atoms with Crippen molar-refractivity contribution in [2.45, 2.75) is 6.54 Å². The van der Waals surface area contributed by atoms with E-state index in [4.69, 9.17) is 0 Å².